The number of aromatic nitrogens is 3. The molecule has 0 spiro atoms. The van der Waals surface area contributed by atoms with Gasteiger partial charge in [0.05, 0.1) is 18.7 Å². The van der Waals surface area contributed by atoms with E-state index in [4.69, 9.17) is 4.74 Å². The number of amides is 1. The number of hydrogen-bond donors (Lipinski definition) is 0. The molecule has 0 aliphatic carbocycles. The van der Waals surface area contributed by atoms with Gasteiger partial charge in [0, 0.05) is 55.8 Å². The molecule has 0 saturated heterocycles. The number of fused-ring (bicyclic) bond motifs is 1. The molecule has 0 unspecified atom stereocenters. The van der Waals surface area contributed by atoms with Crippen LogP contribution in [0.5, 0.6) is 0 Å². The molecule has 0 fully saturated rings. The number of nitrogens with zero attached hydrogens (tertiary/aromatic N) is 4. The van der Waals surface area contributed by atoms with Crippen LogP contribution in [0, 0.1) is 0 Å². The summed E-state index contributed by atoms with van der Waals surface area (Å²) in [7, 11) is 0. The first kappa shape index (κ1) is 16.6. The second-order valence-electron chi connectivity index (χ2n) is 6.02. The summed E-state index contributed by atoms with van der Waals surface area (Å²) in [5.74, 6) is 0.235. The van der Waals surface area contributed by atoms with E-state index < -0.39 is 0 Å². The van der Waals surface area contributed by atoms with Crippen molar-refractivity contribution in [3.63, 3.8) is 0 Å². The molecule has 0 aromatic carbocycles. The number of aryl methyl sites for hydroxylation is 1. The molecular formula is C18H24N4O2. The first-order valence-corrected chi connectivity index (χ1v) is 8.52. The van der Waals surface area contributed by atoms with Crippen LogP contribution in [0.15, 0.2) is 30.6 Å². The van der Waals surface area contributed by atoms with Crippen molar-refractivity contribution in [1.29, 1.82) is 0 Å². The summed E-state index contributed by atoms with van der Waals surface area (Å²) in [4.78, 5) is 18.9. The van der Waals surface area contributed by atoms with Gasteiger partial charge in [0.15, 0.2) is 0 Å². The lowest BCUT2D eigenvalue weighted by molar-refractivity contribution is -0.132. The minimum Gasteiger partial charge on any atom is -0.381 e. The Bertz CT molecular complexity index is 684. The molecule has 1 amide bonds. The molecule has 0 N–H and O–H groups in total. The molecule has 0 bridgehead atoms. The zero-order chi connectivity index (χ0) is 16.9. The Morgan fingerprint density at radius 3 is 2.96 bits per heavy atom. The monoisotopic (exact) mass is 328 g/mol. The third-order valence-corrected chi connectivity index (χ3v) is 4.32. The van der Waals surface area contributed by atoms with Crippen molar-refractivity contribution < 1.29 is 9.53 Å². The van der Waals surface area contributed by atoms with Gasteiger partial charge in [-0.25, -0.2) is 0 Å². The quantitative estimate of drug-likeness (QED) is 0.814. The Balaban J connectivity index is 1.76. The van der Waals surface area contributed by atoms with Crippen molar-refractivity contribution in [3.8, 4) is 0 Å². The van der Waals surface area contributed by atoms with E-state index >= 15 is 0 Å². The van der Waals surface area contributed by atoms with E-state index in [1.807, 2.05) is 34.7 Å². The molecule has 6 nitrogen and oxygen atoms in total. The van der Waals surface area contributed by atoms with Gasteiger partial charge in [-0.2, -0.15) is 5.10 Å². The molecule has 128 valence electrons. The van der Waals surface area contributed by atoms with Crippen molar-refractivity contribution in [2.75, 3.05) is 19.8 Å². The first-order valence-electron chi connectivity index (χ1n) is 8.52. The van der Waals surface area contributed by atoms with E-state index in [1.54, 1.807) is 6.20 Å². The van der Waals surface area contributed by atoms with Crippen molar-refractivity contribution in [2.45, 2.75) is 39.3 Å². The zero-order valence-electron chi connectivity index (χ0n) is 14.3. The van der Waals surface area contributed by atoms with E-state index in [1.165, 1.54) is 0 Å². The molecule has 0 radical (unpaired) electrons. The summed E-state index contributed by atoms with van der Waals surface area (Å²) < 4.78 is 7.56. The number of ether oxygens (including phenoxy) is 1. The molecule has 1 aliphatic heterocycles. The van der Waals surface area contributed by atoms with Crippen LogP contribution in [0.3, 0.4) is 0 Å². The largest absolute Gasteiger partial charge is 0.381 e. The Morgan fingerprint density at radius 2 is 2.25 bits per heavy atom. The molecule has 2 aromatic rings. The van der Waals surface area contributed by atoms with Crippen LogP contribution in [0.4, 0.5) is 0 Å². The summed E-state index contributed by atoms with van der Waals surface area (Å²) in [5, 5.41) is 4.67. The molecule has 24 heavy (non-hydrogen) atoms. The molecule has 1 aliphatic rings. The van der Waals surface area contributed by atoms with E-state index in [2.05, 4.69) is 23.2 Å². The van der Waals surface area contributed by atoms with E-state index in [0.717, 1.165) is 23.5 Å². The highest BCUT2D eigenvalue weighted by Crippen LogP contribution is 2.28. The average molecular weight is 328 g/mol. The van der Waals surface area contributed by atoms with Gasteiger partial charge in [-0.3, -0.25) is 14.5 Å². The van der Waals surface area contributed by atoms with Gasteiger partial charge in [-0.05, 0) is 26.0 Å². The van der Waals surface area contributed by atoms with Crippen molar-refractivity contribution in [2.24, 2.45) is 0 Å². The molecule has 2 aromatic heterocycles. The standard InChI is InChI=1S/C18H24N4O2/c1-3-22-12-14-10-21(11-15(13-24-4-2)18(14)20-22)17(23)9-16-7-5-6-8-19-16/h5-8,12,15H,3-4,9-11,13H2,1-2H3/t15-/m0/s1. The van der Waals surface area contributed by atoms with Crippen molar-refractivity contribution >= 4 is 5.91 Å². The van der Waals surface area contributed by atoms with Gasteiger partial charge < -0.3 is 9.64 Å². The predicted molar refractivity (Wildman–Crippen MR) is 90.5 cm³/mol. The van der Waals surface area contributed by atoms with Gasteiger partial charge in [-0.15, -0.1) is 0 Å². The van der Waals surface area contributed by atoms with Crippen LogP contribution in [0.1, 0.15) is 36.7 Å². The maximum absolute atomic E-state index is 12.7. The van der Waals surface area contributed by atoms with Gasteiger partial charge in [0.1, 0.15) is 0 Å². The topological polar surface area (TPSA) is 60.2 Å². The second-order valence-corrected chi connectivity index (χ2v) is 6.02. The molecule has 0 saturated carbocycles. The molecule has 3 rings (SSSR count). The minimum atomic E-state index is 0.102. The van der Waals surface area contributed by atoms with Gasteiger partial charge >= 0.3 is 0 Å². The van der Waals surface area contributed by atoms with Crippen molar-refractivity contribution in [1.82, 2.24) is 19.7 Å². The predicted octanol–water partition coefficient (Wildman–Crippen LogP) is 2.00. The van der Waals surface area contributed by atoms with Gasteiger partial charge in [-0.1, -0.05) is 6.07 Å². The van der Waals surface area contributed by atoms with Crippen molar-refractivity contribution in [3.05, 3.63) is 47.5 Å². The smallest absolute Gasteiger partial charge is 0.228 e. The Morgan fingerprint density at radius 1 is 1.38 bits per heavy atom. The Kier molecular flexibility index (Phi) is 5.25. The fraction of sp³-hybridized carbons (Fsp3) is 0.500. The van der Waals surface area contributed by atoms with Crippen LogP contribution in [-0.2, 0) is 29.0 Å². The van der Waals surface area contributed by atoms with Gasteiger partial charge in [0.25, 0.3) is 0 Å². The maximum Gasteiger partial charge on any atom is 0.228 e. The molecule has 1 atom stereocenters. The third kappa shape index (κ3) is 3.64. The van der Waals surface area contributed by atoms with E-state index in [0.29, 0.717) is 32.7 Å². The number of rotatable bonds is 6. The Hall–Kier alpha value is -2.21. The van der Waals surface area contributed by atoms with Crippen LogP contribution < -0.4 is 0 Å². The van der Waals surface area contributed by atoms with Crippen LogP contribution in [0.25, 0.3) is 0 Å². The summed E-state index contributed by atoms with van der Waals surface area (Å²) >= 11 is 0. The number of carbonyl (C=O) groups excluding carboxylic acids is 1. The van der Waals surface area contributed by atoms with E-state index in [9.17, 15) is 4.79 Å². The normalized spacial score (nSPS) is 16.9. The molecule has 3 heterocycles. The lowest BCUT2D eigenvalue weighted by Crippen LogP contribution is -2.40. The fourth-order valence-corrected chi connectivity index (χ4v) is 3.08. The summed E-state index contributed by atoms with van der Waals surface area (Å²) in [5.41, 5.74) is 3.01. The van der Waals surface area contributed by atoms with Crippen LogP contribution in [-0.4, -0.2) is 45.3 Å². The number of hydrogen-bond acceptors (Lipinski definition) is 4. The highest BCUT2D eigenvalue weighted by molar-refractivity contribution is 5.78. The van der Waals surface area contributed by atoms with Gasteiger partial charge in [0.2, 0.25) is 5.91 Å². The van der Waals surface area contributed by atoms with Crippen LogP contribution in [0.2, 0.25) is 0 Å². The number of pyridine rings is 1. The number of carbonyl (C=O) groups is 1. The summed E-state index contributed by atoms with van der Waals surface area (Å²) in [6.45, 7) is 7.41. The lowest BCUT2D eigenvalue weighted by Gasteiger charge is -2.32. The highest BCUT2D eigenvalue weighted by atomic mass is 16.5. The Labute approximate surface area is 142 Å². The molecular weight excluding hydrogens is 304 g/mol. The zero-order valence-corrected chi connectivity index (χ0v) is 14.3. The highest BCUT2D eigenvalue weighted by Gasteiger charge is 2.31. The summed E-state index contributed by atoms with van der Waals surface area (Å²) in [6.07, 6.45) is 4.11. The average Bonchev–Trinajstić information content (AvgIpc) is 3.03. The fourth-order valence-electron chi connectivity index (χ4n) is 3.08. The lowest BCUT2D eigenvalue weighted by atomic mass is 9.97. The molecule has 6 heteroatoms. The van der Waals surface area contributed by atoms with Crippen LogP contribution >= 0.6 is 0 Å². The third-order valence-electron chi connectivity index (χ3n) is 4.32. The van der Waals surface area contributed by atoms with E-state index in [-0.39, 0.29) is 11.8 Å². The minimum absolute atomic E-state index is 0.102. The first-order chi connectivity index (χ1) is 11.7. The summed E-state index contributed by atoms with van der Waals surface area (Å²) in [6, 6.07) is 5.66. The maximum atomic E-state index is 12.7. The second kappa shape index (κ2) is 7.57. The SMILES string of the molecule is CCOC[C@@H]1CN(C(=O)Cc2ccccn2)Cc2cn(CC)nc21.